The van der Waals surface area contributed by atoms with Gasteiger partial charge in [-0.1, -0.05) is 6.07 Å². The second-order valence-corrected chi connectivity index (χ2v) is 4.20. The van der Waals surface area contributed by atoms with E-state index >= 15 is 0 Å². The van der Waals surface area contributed by atoms with Gasteiger partial charge >= 0.3 is 0 Å². The van der Waals surface area contributed by atoms with Gasteiger partial charge in [-0.3, -0.25) is 0 Å². The fraction of sp³-hybridized carbons (Fsp3) is 0.400. The van der Waals surface area contributed by atoms with Gasteiger partial charge in [-0.25, -0.2) is 4.39 Å². The number of benzene rings is 1. The van der Waals surface area contributed by atoms with Crippen LogP contribution in [-0.4, -0.2) is 11.4 Å². The maximum absolute atomic E-state index is 13.4. The Labute approximate surface area is 81.0 Å². The van der Waals surface area contributed by atoms with Crippen LogP contribution in [0.1, 0.15) is 18.4 Å². The van der Waals surface area contributed by atoms with Gasteiger partial charge < -0.3 is 5.11 Å². The van der Waals surface area contributed by atoms with Gasteiger partial charge in [-0.15, -0.1) is 11.8 Å². The average Bonchev–Trinajstić information content (AvgIpc) is 2.84. The summed E-state index contributed by atoms with van der Waals surface area (Å²) in [4.78, 5) is 0.847. The van der Waals surface area contributed by atoms with Crippen LogP contribution in [-0.2, 0) is 5.60 Å². The predicted molar refractivity (Wildman–Crippen MR) is 51.3 cm³/mol. The molecule has 0 spiro atoms. The summed E-state index contributed by atoms with van der Waals surface area (Å²) in [5, 5.41) is 9.84. The number of rotatable bonds is 2. The molecule has 1 aliphatic carbocycles. The third-order valence-corrected chi connectivity index (χ3v) is 3.16. The van der Waals surface area contributed by atoms with Crippen LogP contribution >= 0.6 is 11.8 Å². The van der Waals surface area contributed by atoms with Crippen molar-refractivity contribution in [1.82, 2.24) is 0 Å². The monoisotopic (exact) mass is 198 g/mol. The Morgan fingerprint density at radius 3 is 2.69 bits per heavy atom. The summed E-state index contributed by atoms with van der Waals surface area (Å²) in [6, 6.07) is 4.93. The van der Waals surface area contributed by atoms with Crippen molar-refractivity contribution in [3.8, 4) is 0 Å². The third-order valence-electron chi connectivity index (χ3n) is 2.38. The smallest absolute Gasteiger partial charge is 0.130 e. The highest BCUT2D eigenvalue weighted by Crippen LogP contribution is 2.49. The molecule has 0 atom stereocenters. The molecule has 0 bridgehead atoms. The SMILES string of the molecule is CSc1cccc(F)c1C1(O)CC1. The molecule has 1 fully saturated rings. The van der Waals surface area contributed by atoms with Crippen molar-refractivity contribution in [2.45, 2.75) is 23.3 Å². The fourth-order valence-electron chi connectivity index (χ4n) is 1.49. The van der Waals surface area contributed by atoms with E-state index in [4.69, 9.17) is 0 Å². The lowest BCUT2D eigenvalue weighted by Gasteiger charge is -2.13. The van der Waals surface area contributed by atoms with Crippen molar-refractivity contribution in [1.29, 1.82) is 0 Å². The molecule has 13 heavy (non-hydrogen) atoms. The molecule has 1 aliphatic rings. The van der Waals surface area contributed by atoms with E-state index in [1.54, 1.807) is 6.07 Å². The summed E-state index contributed by atoms with van der Waals surface area (Å²) in [6.07, 6.45) is 3.26. The average molecular weight is 198 g/mol. The van der Waals surface area contributed by atoms with Crippen molar-refractivity contribution >= 4 is 11.8 Å². The Morgan fingerprint density at radius 2 is 2.15 bits per heavy atom. The Kier molecular flexibility index (Phi) is 2.08. The predicted octanol–water partition coefficient (Wildman–Crippen LogP) is 2.53. The molecular weight excluding hydrogens is 187 g/mol. The molecule has 0 heterocycles. The van der Waals surface area contributed by atoms with Crippen LogP contribution in [0, 0.1) is 5.82 Å². The van der Waals surface area contributed by atoms with Crippen molar-refractivity contribution in [2.75, 3.05) is 6.26 Å². The summed E-state index contributed by atoms with van der Waals surface area (Å²) in [5.41, 5.74) is -0.383. The first-order chi connectivity index (χ1) is 6.17. The number of thioether (sulfide) groups is 1. The highest BCUT2D eigenvalue weighted by molar-refractivity contribution is 7.98. The van der Waals surface area contributed by atoms with Crippen molar-refractivity contribution in [2.24, 2.45) is 0 Å². The Balaban J connectivity index is 2.52. The molecule has 1 saturated carbocycles. The van der Waals surface area contributed by atoms with Crippen LogP contribution < -0.4 is 0 Å². The fourth-order valence-corrected chi connectivity index (χ4v) is 2.20. The minimum Gasteiger partial charge on any atom is -0.385 e. The van der Waals surface area contributed by atoms with Gasteiger partial charge in [-0.2, -0.15) is 0 Å². The topological polar surface area (TPSA) is 20.2 Å². The lowest BCUT2D eigenvalue weighted by atomic mass is 10.1. The standard InChI is InChI=1S/C10H11FOS/c1-13-8-4-2-3-7(11)9(8)10(12)5-6-10/h2-4,12H,5-6H2,1H3. The van der Waals surface area contributed by atoms with E-state index in [9.17, 15) is 9.50 Å². The van der Waals surface area contributed by atoms with Crippen LogP contribution in [0.25, 0.3) is 0 Å². The number of halogens is 1. The van der Waals surface area contributed by atoms with Crippen molar-refractivity contribution < 1.29 is 9.50 Å². The van der Waals surface area contributed by atoms with Gasteiger partial charge in [0.25, 0.3) is 0 Å². The molecular formula is C10H11FOS. The lowest BCUT2D eigenvalue weighted by molar-refractivity contribution is 0.143. The van der Waals surface area contributed by atoms with Crippen LogP contribution in [0.4, 0.5) is 4.39 Å². The molecule has 2 rings (SSSR count). The van der Waals surface area contributed by atoms with E-state index in [-0.39, 0.29) is 5.82 Å². The van der Waals surface area contributed by atoms with Crippen LogP contribution in [0.15, 0.2) is 23.1 Å². The van der Waals surface area contributed by atoms with Crippen molar-refractivity contribution in [3.63, 3.8) is 0 Å². The summed E-state index contributed by atoms with van der Waals surface area (Å²) >= 11 is 1.48. The molecule has 0 radical (unpaired) electrons. The normalized spacial score (nSPS) is 18.7. The molecule has 0 aromatic heterocycles. The Morgan fingerprint density at radius 1 is 1.46 bits per heavy atom. The molecule has 0 aliphatic heterocycles. The largest absolute Gasteiger partial charge is 0.385 e. The molecule has 1 N–H and O–H groups in total. The number of aliphatic hydroxyl groups is 1. The highest BCUT2D eigenvalue weighted by atomic mass is 32.2. The van der Waals surface area contributed by atoms with E-state index in [2.05, 4.69) is 0 Å². The molecule has 70 valence electrons. The van der Waals surface area contributed by atoms with Crippen LogP contribution in [0.2, 0.25) is 0 Å². The number of hydrogen-bond acceptors (Lipinski definition) is 2. The van der Waals surface area contributed by atoms with E-state index in [0.29, 0.717) is 18.4 Å². The maximum atomic E-state index is 13.4. The highest BCUT2D eigenvalue weighted by Gasteiger charge is 2.45. The second-order valence-electron chi connectivity index (χ2n) is 3.35. The quantitative estimate of drug-likeness (QED) is 0.737. The summed E-state index contributed by atoms with van der Waals surface area (Å²) < 4.78 is 13.4. The van der Waals surface area contributed by atoms with Gasteiger partial charge in [-0.05, 0) is 31.2 Å². The molecule has 3 heteroatoms. The van der Waals surface area contributed by atoms with E-state index < -0.39 is 5.60 Å². The van der Waals surface area contributed by atoms with E-state index in [1.807, 2.05) is 12.3 Å². The summed E-state index contributed by atoms with van der Waals surface area (Å²) in [7, 11) is 0. The van der Waals surface area contributed by atoms with Gasteiger partial charge in [0.1, 0.15) is 5.82 Å². The zero-order valence-electron chi connectivity index (χ0n) is 7.38. The molecule has 1 nitrogen and oxygen atoms in total. The van der Waals surface area contributed by atoms with Crippen LogP contribution in [0.3, 0.4) is 0 Å². The summed E-state index contributed by atoms with van der Waals surface area (Å²) in [6.45, 7) is 0. The summed E-state index contributed by atoms with van der Waals surface area (Å²) in [5.74, 6) is -0.285. The van der Waals surface area contributed by atoms with Crippen molar-refractivity contribution in [3.05, 3.63) is 29.6 Å². The first-order valence-corrected chi connectivity index (χ1v) is 5.45. The van der Waals surface area contributed by atoms with Crippen LogP contribution in [0.5, 0.6) is 0 Å². The third kappa shape index (κ3) is 1.46. The molecule has 0 amide bonds. The number of hydrogen-bond donors (Lipinski definition) is 1. The Bertz CT molecular complexity index is 334. The van der Waals surface area contributed by atoms with Gasteiger partial charge in [0.15, 0.2) is 0 Å². The van der Waals surface area contributed by atoms with E-state index in [1.165, 1.54) is 17.8 Å². The zero-order valence-corrected chi connectivity index (χ0v) is 8.20. The van der Waals surface area contributed by atoms with E-state index in [0.717, 1.165) is 4.90 Å². The first kappa shape index (κ1) is 9.03. The maximum Gasteiger partial charge on any atom is 0.130 e. The van der Waals surface area contributed by atoms with Gasteiger partial charge in [0.2, 0.25) is 0 Å². The van der Waals surface area contributed by atoms with Gasteiger partial charge in [0.05, 0.1) is 5.60 Å². The molecule has 1 aromatic carbocycles. The molecule has 0 unspecified atom stereocenters. The first-order valence-electron chi connectivity index (χ1n) is 4.23. The minimum atomic E-state index is -0.871. The zero-order chi connectivity index (χ0) is 9.47. The molecule has 0 saturated heterocycles. The Hall–Kier alpha value is -0.540. The second kappa shape index (κ2) is 3.00. The molecule has 1 aromatic rings. The minimum absolute atomic E-state index is 0.285. The lowest BCUT2D eigenvalue weighted by Crippen LogP contribution is -2.08. The van der Waals surface area contributed by atoms with Gasteiger partial charge in [0, 0.05) is 10.5 Å².